The van der Waals surface area contributed by atoms with Gasteiger partial charge in [-0.1, -0.05) is 43.3 Å². The van der Waals surface area contributed by atoms with Crippen molar-refractivity contribution >= 4 is 27.3 Å². The molecule has 30 heavy (non-hydrogen) atoms. The van der Waals surface area contributed by atoms with E-state index in [1.807, 2.05) is 30.3 Å². The third kappa shape index (κ3) is 6.04. The SMILES string of the molecule is CCCS(=O)(=O)Nc1cccc(NC(=O)[C@@H](c2ccccc2)N2CCC(O)CC2)c1. The highest BCUT2D eigenvalue weighted by Crippen LogP contribution is 2.27. The number of aliphatic hydroxyl groups excluding tert-OH is 1. The minimum absolute atomic E-state index is 0.0421. The maximum Gasteiger partial charge on any atom is 0.246 e. The Hall–Kier alpha value is -2.42. The fourth-order valence-electron chi connectivity index (χ4n) is 3.68. The number of likely N-dealkylation sites (tertiary alicyclic amines) is 1. The molecule has 3 rings (SSSR count). The van der Waals surface area contributed by atoms with Crippen molar-refractivity contribution in [3.8, 4) is 0 Å². The summed E-state index contributed by atoms with van der Waals surface area (Å²) in [5, 5.41) is 12.8. The summed E-state index contributed by atoms with van der Waals surface area (Å²) in [6, 6.07) is 15.8. The van der Waals surface area contributed by atoms with Gasteiger partial charge in [0.05, 0.1) is 17.5 Å². The molecule has 0 spiro atoms. The minimum atomic E-state index is -3.41. The Balaban J connectivity index is 1.78. The number of anilines is 2. The molecule has 3 N–H and O–H groups in total. The molecule has 7 nitrogen and oxygen atoms in total. The molecule has 1 amide bonds. The van der Waals surface area contributed by atoms with Crippen molar-refractivity contribution in [1.82, 2.24) is 4.90 Å². The first-order valence-electron chi connectivity index (χ1n) is 10.3. The quantitative estimate of drug-likeness (QED) is 0.597. The Kier molecular flexibility index (Phi) is 7.47. The Morgan fingerprint density at radius 1 is 1.10 bits per heavy atom. The Morgan fingerprint density at radius 3 is 2.43 bits per heavy atom. The van der Waals surface area contributed by atoms with Crippen LogP contribution in [0.3, 0.4) is 0 Å². The van der Waals surface area contributed by atoms with Crippen LogP contribution in [0.25, 0.3) is 0 Å². The molecular formula is C22H29N3O4S. The van der Waals surface area contributed by atoms with Crippen LogP contribution in [0, 0.1) is 0 Å². The number of nitrogens with one attached hydrogen (secondary N) is 2. The van der Waals surface area contributed by atoms with Crippen LogP contribution in [0.5, 0.6) is 0 Å². The number of carbonyl (C=O) groups excluding carboxylic acids is 1. The van der Waals surface area contributed by atoms with Crippen LogP contribution in [0.4, 0.5) is 11.4 Å². The smallest absolute Gasteiger partial charge is 0.246 e. The molecule has 0 radical (unpaired) electrons. The largest absolute Gasteiger partial charge is 0.393 e. The Bertz CT molecular complexity index is 942. The summed E-state index contributed by atoms with van der Waals surface area (Å²) in [6.07, 6.45) is 1.46. The van der Waals surface area contributed by atoms with Crippen LogP contribution in [-0.4, -0.2) is 49.3 Å². The number of hydrogen-bond acceptors (Lipinski definition) is 5. The highest BCUT2D eigenvalue weighted by atomic mass is 32.2. The minimum Gasteiger partial charge on any atom is -0.393 e. The van der Waals surface area contributed by atoms with Gasteiger partial charge in [-0.05, 0) is 43.0 Å². The van der Waals surface area contributed by atoms with Gasteiger partial charge in [0.15, 0.2) is 0 Å². The zero-order valence-electron chi connectivity index (χ0n) is 17.1. The third-order valence-electron chi connectivity index (χ3n) is 5.10. The van der Waals surface area contributed by atoms with Gasteiger partial charge in [0, 0.05) is 18.8 Å². The highest BCUT2D eigenvalue weighted by Gasteiger charge is 2.30. The van der Waals surface area contributed by atoms with Gasteiger partial charge in [0.25, 0.3) is 0 Å². The summed E-state index contributed by atoms with van der Waals surface area (Å²) in [5.74, 6) is -0.147. The van der Waals surface area contributed by atoms with E-state index in [0.717, 1.165) is 5.56 Å². The van der Waals surface area contributed by atoms with Crippen LogP contribution in [-0.2, 0) is 14.8 Å². The first kappa shape index (κ1) is 22.3. The van der Waals surface area contributed by atoms with Crippen LogP contribution in [0.1, 0.15) is 37.8 Å². The van der Waals surface area contributed by atoms with Gasteiger partial charge >= 0.3 is 0 Å². The molecule has 1 aliphatic rings. The van der Waals surface area contributed by atoms with Crippen molar-refractivity contribution in [3.63, 3.8) is 0 Å². The molecule has 0 bridgehead atoms. The fourth-order valence-corrected chi connectivity index (χ4v) is 4.80. The van der Waals surface area contributed by atoms with Crippen LogP contribution >= 0.6 is 0 Å². The van der Waals surface area contributed by atoms with Gasteiger partial charge in [-0.25, -0.2) is 8.42 Å². The molecule has 2 aromatic rings. The van der Waals surface area contributed by atoms with Crippen molar-refractivity contribution in [1.29, 1.82) is 0 Å². The van der Waals surface area contributed by atoms with Gasteiger partial charge in [-0.15, -0.1) is 0 Å². The van der Waals surface area contributed by atoms with E-state index in [1.165, 1.54) is 0 Å². The molecule has 0 aromatic heterocycles. The predicted octanol–water partition coefficient (Wildman–Crippen LogP) is 2.97. The van der Waals surface area contributed by atoms with E-state index in [-0.39, 0.29) is 17.8 Å². The second-order valence-corrected chi connectivity index (χ2v) is 9.41. The van der Waals surface area contributed by atoms with Crippen LogP contribution < -0.4 is 10.0 Å². The second kappa shape index (κ2) is 10.1. The second-order valence-electron chi connectivity index (χ2n) is 7.57. The monoisotopic (exact) mass is 431 g/mol. The van der Waals surface area contributed by atoms with Crippen LogP contribution in [0.2, 0.25) is 0 Å². The lowest BCUT2D eigenvalue weighted by Crippen LogP contribution is -2.43. The zero-order valence-corrected chi connectivity index (χ0v) is 17.9. The van der Waals surface area contributed by atoms with Crippen molar-refractivity contribution < 1.29 is 18.3 Å². The van der Waals surface area contributed by atoms with Gasteiger partial charge in [0.2, 0.25) is 15.9 Å². The maximum absolute atomic E-state index is 13.2. The number of rotatable bonds is 8. The molecule has 0 unspecified atom stereocenters. The van der Waals surface area contributed by atoms with Crippen molar-refractivity contribution in [2.24, 2.45) is 0 Å². The summed E-state index contributed by atoms with van der Waals surface area (Å²) in [5.41, 5.74) is 1.82. The number of sulfonamides is 1. The number of hydrogen-bond donors (Lipinski definition) is 3. The molecule has 0 aliphatic carbocycles. The molecular weight excluding hydrogens is 402 g/mol. The average molecular weight is 432 g/mol. The normalized spacial score (nSPS) is 16.7. The Labute approximate surface area is 178 Å². The number of carbonyl (C=O) groups is 1. The number of benzene rings is 2. The summed E-state index contributed by atoms with van der Waals surface area (Å²) < 4.78 is 26.6. The number of aliphatic hydroxyl groups is 1. The van der Waals surface area contributed by atoms with Crippen molar-refractivity contribution in [3.05, 3.63) is 60.2 Å². The molecule has 0 saturated carbocycles. The molecule has 162 valence electrons. The van der Waals surface area contributed by atoms with Gasteiger partial charge in [0.1, 0.15) is 6.04 Å². The number of amides is 1. The topological polar surface area (TPSA) is 98.7 Å². The lowest BCUT2D eigenvalue weighted by Gasteiger charge is -2.35. The summed E-state index contributed by atoms with van der Waals surface area (Å²) in [6.45, 7) is 3.06. The highest BCUT2D eigenvalue weighted by molar-refractivity contribution is 7.92. The molecule has 8 heteroatoms. The van der Waals surface area contributed by atoms with Crippen molar-refractivity contribution in [2.45, 2.75) is 38.3 Å². The van der Waals surface area contributed by atoms with E-state index in [9.17, 15) is 18.3 Å². The lowest BCUT2D eigenvalue weighted by atomic mass is 9.99. The molecule has 2 aromatic carbocycles. The fraction of sp³-hybridized carbons (Fsp3) is 0.409. The van der Waals surface area contributed by atoms with E-state index in [2.05, 4.69) is 14.9 Å². The van der Waals surface area contributed by atoms with Gasteiger partial charge < -0.3 is 10.4 Å². The zero-order chi connectivity index (χ0) is 21.6. The number of nitrogens with zero attached hydrogens (tertiary/aromatic N) is 1. The first-order chi connectivity index (χ1) is 14.4. The molecule has 1 fully saturated rings. The van der Waals surface area contributed by atoms with E-state index in [0.29, 0.717) is 43.7 Å². The molecule has 1 heterocycles. The first-order valence-corrected chi connectivity index (χ1v) is 11.9. The standard InChI is InChI=1S/C22H29N3O4S/c1-2-15-30(28,29)24-19-10-6-9-18(16-19)23-22(27)21(17-7-4-3-5-8-17)25-13-11-20(26)12-14-25/h3-10,16,20-21,24,26H,2,11-15H2,1H3,(H,23,27)/t21-/m1/s1. The summed E-state index contributed by atoms with van der Waals surface area (Å²) >= 11 is 0. The van der Waals surface area contributed by atoms with Crippen LogP contribution in [0.15, 0.2) is 54.6 Å². The maximum atomic E-state index is 13.2. The number of piperidine rings is 1. The molecule has 1 aliphatic heterocycles. The predicted molar refractivity (Wildman–Crippen MR) is 119 cm³/mol. The Morgan fingerprint density at radius 2 is 1.77 bits per heavy atom. The van der Waals surface area contributed by atoms with E-state index in [1.54, 1.807) is 31.2 Å². The van der Waals surface area contributed by atoms with E-state index in [4.69, 9.17) is 0 Å². The van der Waals surface area contributed by atoms with Gasteiger partial charge in [-0.2, -0.15) is 0 Å². The van der Waals surface area contributed by atoms with Gasteiger partial charge in [-0.3, -0.25) is 14.4 Å². The molecule has 1 atom stereocenters. The van der Waals surface area contributed by atoms with Crippen molar-refractivity contribution in [2.75, 3.05) is 28.9 Å². The third-order valence-corrected chi connectivity index (χ3v) is 6.60. The summed E-state index contributed by atoms with van der Waals surface area (Å²) in [7, 11) is -3.41. The van der Waals surface area contributed by atoms with E-state index < -0.39 is 16.1 Å². The lowest BCUT2D eigenvalue weighted by molar-refractivity contribution is -0.122. The molecule has 1 saturated heterocycles. The van der Waals surface area contributed by atoms with E-state index >= 15 is 0 Å². The average Bonchev–Trinajstić information content (AvgIpc) is 2.70. The summed E-state index contributed by atoms with van der Waals surface area (Å²) in [4.78, 5) is 15.3.